The van der Waals surface area contributed by atoms with E-state index in [0.717, 1.165) is 23.9 Å². The maximum Gasteiger partial charge on any atom is 0.556 e. The number of fused-ring (bicyclic) bond motifs is 2. The Hall–Kier alpha value is -3.18. The lowest BCUT2D eigenvalue weighted by atomic mass is 9.64. The monoisotopic (exact) mass is 553 g/mol. The summed E-state index contributed by atoms with van der Waals surface area (Å²) < 4.78 is 8.09. The molecule has 39 heavy (non-hydrogen) atoms. The summed E-state index contributed by atoms with van der Waals surface area (Å²) in [7, 11) is 0. The minimum Gasteiger partial charge on any atom is -0.583 e. The van der Waals surface area contributed by atoms with Gasteiger partial charge in [-0.1, -0.05) is 49.8 Å². The lowest BCUT2D eigenvalue weighted by molar-refractivity contribution is -0.121. The Bertz CT molecular complexity index is 1380. The standard InChI is InChI=1S/C29H35N3O6S/c1-7-29(15-14-17(2)3)20-11-9-8-10-19(20)24(33)23(25(29)34)26-30-21-13-12-18(16-22(21)39-31-26)32(36,37)27(35)38-28(4,5)6/h8-13,16-17,33,36H,7,14-15H2,1-6H3,(H,30,31). The van der Waals surface area contributed by atoms with Gasteiger partial charge in [0.15, 0.2) is 17.3 Å². The number of benzene rings is 2. The predicted octanol–water partition coefficient (Wildman–Crippen LogP) is 7.09. The van der Waals surface area contributed by atoms with Crippen LogP contribution >= 0.6 is 11.9 Å². The van der Waals surface area contributed by atoms with Gasteiger partial charge in [0.2, 0.25) is 0 Å². The van der Waals surface area contributed by atoms with Gasteiger partial charge < -0.3 is 19.8 Å². The molecule has 9 nitrogen and oxygen atoms in total. The van der Waals surface area contributed by atoms with Crippen molar-refractivity contribution in [1.29, 1.82) is 0 Å². The Labute approximate surface area is 232 Å². The summed E-state index contributed by atoms with van der Waals surface area (Å²) >= 11 is 1.07. The smallest absolute Gasteiger partial charge is 0.556 e. The van der Waals surface area contributed by atoms with Crippen molar-refractivity contribution >= 4 is 46.8 Å². The largest absolute Gasteiger partial charge is 0.583 e. The number of Topliss-reactive ketones (excluding diaryl/α,β-unsaturated/α-hetero) is 1. The molecule has 1 aliphatic carbocycles. The van der Waals surface area contributed by atoms with Gasteiger partial charge in [0.25, 0.3) is 0 Å². The average Bonchev–Trinajstić information content (AvgIpc) is 2.87. The molecule has 1 amide bonds. The molecular weight excluding hydrogens is 518 g/mol. The summed E-state index contributed by atoms with van der Waals surface area (Å²) in [6.45, 7) is 11.0. The molecular formula is C29H35N3O6S. The number of ketones is 1. The molecule has 1 aliphatic heterocycles. The summed E-state index contributed by atoms with van der Waals surface area (Å²) in [5, 5.41) is 34.4. The van der Waals surface area contributed by atoms with Gasteiger partial charge in [-0.15, -0.1) is 0 Å². The second-order valence-corrected chi connectivity index (χ2v) is 12.2. The zero-order chi connectivity index (χ0) is 28.8. The number of hydrogen-bond donors (Lipinski definition) is 3. The van der Waals surface area contributed by atoms with Crippen molar-refractivity contribution in [2.75, 3.05) is 0 Å². The molecule has 208 valence electrons. The van der Waals surface area contributed by atoms with Gasteiger partial charge in [-0.05, 0) is 69.5 Å². The number of aliphatic hydroxyl groups is 1. The van der Waals surface area contributed by atoms with Gasteiger partial charge in [-0.25, -0.2) is 4.99 Å². The van der Waals surface area contributed by atoms with E-state index in [4.69, 9.17) is 4.74 Å². The number of nitrogens with one attached hydrogen (secondary N) is 1. The number of rotatable bonds is 6. The van der Waals surface area contributed by atoms with Crippen LogP contribution in [0.3, 0.4) is 0 Å². The quantitative estimate of drug-likeness (QED) is 0.149. The number of amidine groups is 1. The van der Waals surface area contributed by atoms with Crippen molar-refractivity contribution in [3.05, 3.63) is 64.4 Å². The molecule has 0 saturated carbocycles. The number of hydroxylamine groups is 2. The summed E-state index contributed by atoms with van der Waals surface area (Å²) in [6.07, 6.45) is 0.686. The SMILES string of the molecule is CCC1(CCC(C)C)C(=O)C(C2=Nc3ccc([N+]([O-])(O)C(=O)OC(C)(C)C)cc3SN2)=C(O)c2ccccc21. The third-order valence-electron chi connectivity index (χ3n) is 7.01. The second kappa shape index (κ2) is 10.4. The van der Waals surface area contributed by atoms with E-state index in [2.05, 4.69) is 23.6 Å². The molecule has 0 radical (unpaired) electrons. The Balaban J connectivity index is 1.75. The maximum absolute atomic E-state index is 14.2. The zero-order valence-electron chi connectivity index (χ0n) is 23.1. The maximum atomic E-state index is 14.2. The molecule has 2 aliphatic rings. The van der Waals surface area contributed by atoms with Gasteiger partial charge in [0.05, 0.1) is 16.0 Å². The molecule has 0 saturated heterocycles. The molecule has 2 aromatic carbocycles. The van der Waals surface area contributed by atoms with Crippen LogP contribution in [0.5, 0.6) is 0 Å². The first-order valence-electron chi connectivity index (χ1n) is 13.0. The number of ether oxygens (including phenoxy) is 1. The topological polar surface area (TPSA) is 131 Å². The molecule has 0 aromatic heterocycles. The fourth-order valence-electron chi connectivity index (χ4n) is 4.89. The first-order chi connectivity index (χ1) is 18.2. The van der Waals surface area contributed by atoms with Crippen molar-refractivity contribution in [2.24, 2.45) is 10.9 Å². The third-order valence-corrected chi connectivity index (χ3v) is 7.85. The Morgan fingerprint density at radius 1 is 1.23 bits per heavy atom. The molecule has 4 rings (SSSR count). The molecule has 0 bridgehead atoms. The van der Waals surface area contributed by atoms with Crippen LogP contribution < -0.4 is 9.53 Å². The number of carbonyl (C=O) groups excluding carboxylic acids is 2. The lowest BCUT2D eigenvalue weighted by Gasteiger charge is -2.39. The molecule has 2 atom stereocenters. The summed E-state index contributed by atoms with van der Waals surface area (Å²) in [6, 6.07) is 11.6. The van der Waals surface area contributed by atoms with Crippen LogP contribution in [0.2, 0.25) is 0 Å². The fourth-order valence-corrected chi connectivity index (χ4v) is 5.64. The lowest BCUT2D eigenvalue weighted by Crippen LogP contribution is -2.48. The fraction of sp³-hybridized carbons (Fsp3) is 0.414. The molecule has 2 unspecified atom stereocenters. The van der Waals surface area contributed by atoms with Gasteiger partial charge in [-0.2, -0.15) is 10.0 Å². The normalized spacial score (nSPS) is 20.5. The summed E-state index contributed by atoms with van der Waals surface area (Å²) in [5.41, 5.74) is -0.0432. The van der Waals surface area contributed by atoms with Crippen molar-refractivity contribution < 1.29 is 24.6 Å². The molecule has 1 heterocycles. The minimum atomic E-state index is -2.34. The number of aliphatic hydroxyl groups excluding tert-OH is 1. The molecule has 3 N–H and O–H groups in total. The predicted molar refractivity (Wildman–Crippen MR) is 153 cm³/mol. The number of aliphatic imine (C=N–C) groups is 1. The van der Waals surface area contributed by atoms with E-state index in [1.165, 1.54) is 18.2 Å². The van der Waals surface area contributed by atoms with Crippen LogP contribution in [0.25, 0.3) is 5.76 Å². The van der Waals surface area contributed by atoms with E-state index in [9.17, 15) is 25.1 Å². The average molecular weight is 554 g/mol. The minimum absolute atomic E-state index is 0.117. The first-order valence-corrected chi connectivity index (χ1v) is 13.8. The Morgan fingerprint density at radius 3 is 2.56 bits per heavy atom. The van der Waals surface area contributed by atoms with E-state index < -0.39 is 21.9 Å². The summed E-state index contributed by atoms with van der Waals surface area (Å²) in [4.78, 5) is 29.2. The Morgan fingerprint density at radius 2 is 1.92 bits per heavy atom. The van der Waals surface area contributed by atoms with Crippen LogP contribution in [0.1, 0.15) is 71.9 Å². The van der Waals surface area contributed by atoms with Crippen molar-refractivity contribution in [3.63, 3.8) is 0 Å². The highest BCUT2D eigenvalue weighted by molar-refractivity contribution is 7.98. The van der Waals surface area contributed by atoms with Crippen LogP contribution in [0, 0.1) is 11.1 Å². The molecule has 0 fully saturated rings. The number of amides is 1. The van der Waals surface area contributed by atoms with Crippen LogP contribution in [0.15, 0.2) is 57.9 Å². The third kappa shape index (κ3) is 5.34. The van der Waals surface area contributed by atoms with Crippen LogP contribution in [0.4, 0.5) is 16.2 Å². The van der Waals surface area contributed by atoms with Gasteiger partial charge in [0, 0.05) is 17.7 Å². The number of nitrogens with zero attached hydrogens (tertiary/aromatic N) is 2. The van der Waals surface area contributed by atoms with E-state index in [1.54, 1.807) is 20.8 Å². The molecule has 2 aromatic rings. The van der Waals surface area contributed by atoms with Crippen LogP contribution in [-0.4, -0.2) is 33.6 Å². The van der Waals surface area contributed by atoms with E-state index in [-0.39, 0.29) is 28.6 Å². The molecule has 10 heteroatoms. The van der Waals surface area contributed by atoms with Gasteiger partial charge in [0.1, 0.15) is 16.9 Å². The molecule has 0 spiro atoms. The van der Waals surface area contributed by atoms with E-state index >= 15 is 0 Å². The highest BCUT2D eigenvalue weighted by Gasteiger charge is 2.48. The van der Waals surface area contributed by atoms with E-state index in [0.29, 0.717) is 34.9 Å². The zero-order valence-corrected chi connectivity index (χ0v) is 23.9. The van der Waals surface area contributed by atoms with Crippen molar-refractivity contribution in [2.45, 2.75) is 76.7 Å². The highest BCUT2D eigenvalue weighted by Crippen LogP contribution is 2.47. The first kappa shape index (κ1) is 28.8. The summed E-state index contributed by atoms with van der Waals surface area (Å²) in [5.74, 6) is 0.284. The second-order valence-electron chi connectivity index (χ2n) is 11.3. The number of carbonyl (C=O) groups is 2. The van der Waals surface area contributed by atoms with Crippen LogP contribution in [-0.2, 0) is 14.9 Å². The van der Waals surface area contributed by atoms with E-state index in [1.807, 2.05) is 31.2 Å². The van der Waals surface area contributed by atoms with Crippen molar-refractivity contribution in [1.82, 2.24) is 9.53 Å². The van der Waals surface area contributed by atoms with Crippen molar-refractivity contribution in [3.8, 4) is 0 Å². The number of quaternary nitrogens is 1. The van der Waals surface area contributed by atoms with Gasteiger partial charge in [-0.3, -0.25) is 4.79 Å². The van der Waals surface area contributed by atoms with Gasteiger partial charge >= 0.3 is 6.09 Å². The highest BCUT2D eigenvalue weighted by atomic mass is 32.2. The number of hydrogen-bond acceptors (Lipinski definition) is 9. The Kier molecular flexibility index (Phi) is 7.70.